The fourth-order valence-corrected chi connectivity index (χ4v) is 5.26. The molecule has 1 saturated heterocycles. The van der Waals surface area contributed by atoms with Crippen molar-refractivity contribution in [3.8, 4) is 5.75 Å². The lowest BCUT2D eigenvalue weighted by atomic mass is 10.1. The monoisotopic (exact) mass is 582 g/mol. The smallest absolute Gasteiger partial charge is 0.257 e. The molecule has 8 nitrogen and oxygen atoms in total. The van der Waals surface area contributed by atoms with E-state index in [1.165, 1.54) is 23.9 Å². The molecule has 39 heavy (non-hydrogen) atoms. The van der Waals surface area contributed by atoms with Crippen molar-refractivity contribution < 1.29 is 23.4 Å². The summed E-state index contributed by atoms with van der Waals surface area (Å²) < 4.78 is 36.7. The molecule has 1 aromatic heterocycles. The number of β-amino-alcohol motifs (C(OH)–C–C–N with tert-alkyl or cyclic N) is 1. The maximum Gasteiger partial charge on any atom is 0.257 e. The number of carbonyl (C=O) groups is 1. The molecule has 1 atom stereocenters. The first-order valence-corrected chi connectivity index (χ1v) is 13.3. The van der Waals surface area contributed by atoms with E-state index < -0.39 is 29.9 Å². The predicted octanol–water partition coefficient (Wildman–Crippen LogP) is 4.03. The number of rotatable bonds is 9. The van der Waals surface area contributed by atoms with Crippen molar-refractivity contribution in [3.63, 3.8) is 0 Å². The molecular weight excluding hydrogens is 553 g/mol. The van der Waals surface area contributed by atoms with Crippen LogP contribution in [-0.4, -0.2) is 73.6 Å². The highest BCUT2D eigenvalue weighted by molar-refractivity contribution is 6.35. The Morgan fingerprint density at radius 1 is 1.21 bits per heavy atom. The van der Waals surface area contributed by atoms with Crippen molar-refractivity contribution >= 4 is 45.7 Å². The molecule has 3 aromatic rings. The Balaban J connectivity index is 1.77. The van der Waals surface area contributed by atoms with E-state index in [1.54, 1.807) is 19.1 Å². The van der Waals surface area contributed by atoms with E-state index in [1.807, 2.05) is 4.90 Å². The number of hydrogen-bond acceptors (Lipinski definition) is 6. The molecule has 0 aliphatic carbocycles. The maximum atomic E-state index is 15.6. The molecule has 2 aromatic carbocycles. The van der Waals surface area contributed by atoms with Crippen LogP contribution in [0.1, 0.15) is 28.9 Å². The molecular formula is C27H30Cl2F2N4O4. The number of hydrogen-bond donors (Lipinski definition) is 2. The molecule has 1 aliphatic rings. The molecule has 210 valence electrons. The molecule has 1 fully saturated rings. The van der Waals surface area contributed by atoms with Gasteiger partial charge in [0.15, 0.2) is 11.6 Å². The molecule has 0 bridgehead atoms. The van der Waals surface area contributed by atoms with Crippen LogP contribution in [0.25, 0.3) is 10.9 Å². The van der Waals surface area contributed by atoms with Crippen LogP contribution in [0.15, 0.2) is 35.3 Å². The first kappa shape index (κ1) is 29.1. The number of amides is 1. The number of fused-ring (bicyclic) bond motifs is 1. The van der Waals surface area contributed by atoms with E-state index in [9.17, 15) is 19.1 Å². The number of benzene rings is 2. The lowest BCUT2D eigenvalue weighted by Crippen LogP contribution is -2.47. The van der Waals surface area contributed by atoms with Gasteiger partial charge in [-0.1, -0.05) is 29.3 Å². The van der Waals surface area contributed by atoms with Gasteiger partial charge in [0.2, 0.25) is 5.43 Å². The lowest BCUT2D eigenvalue weighted by Gasteiger charge is -2.36. The number of nitrogens with one attached hydrogen (secondary N) is 1. The van der Waals surface area contributed by atoms with E-state index in [2.05, 4.69) is 10.2 Å². The Labute approximate surface area is 234 Å². The highest BCUT2D eigenvalue weighted by atomic mass is 35.5. The van der Waals surface area contributed by atoms with E-state index >= 15 is 4.39 Å². The minimum absolute atomic E-state index is 0.0177. The normalized spacial score (nSPS) is 15.0. The summed E-state index contributed by atoms with van der Waals surface area (Å²) in [5.74, 6) is -1.30. The van der Waals surface area contributed by atoms with Crippen molar-refractivity contribution in [2.45, 2.75) is 19.5 Å². The van der Waals surface area contributed by atoms with Crippen LogP contribution in [0, 0.1) is 5.82 Å². The Hall–Kier alpha value is -2.92. The van der Waals surface area contributed by atoms with Gasteiger partial charge >= 0.3 is 0 Å². The predicted molar refractivity (Wildman–Crippen MR) is 149 cm³/mol. The largest absolute Gasteiger partial charge is 0.492 e. The third-order valence-corrected chi connectivity index (χ3v) is 7.49. The number of nitrogens with zero attached hydrogens (tertiary/aromatic N) is 3. The summed E-state index contributed by atoms with van der Waals surface area (Å²) in [7, 11) is 1.37. The minimum atomic E-state index is -0.797. The molecule has 4 rings (SSSR count). The van der Waals surface area contributed by atoms with Crippen LogP contribution in [-0.2, 0) is 6.54 Å². The fraction of sp³-hybridized carbons (Fsp3) is 0.407. The number of aliphatic hydroxyl groups is 1. The van der Waals surface area contributed by atoms with Gasteiger partial charge in [-0.25, -0.2) is 8.78 Å². The van der Waals surface area contributed by atoms with E-state index in [0.717, 1.165) is 6.07 Å². The Morgan fingerprint density at radius 2 is 1.92 bits per heavy atom. The van der Waals surface area contributed by atoms with Gasteiger partial charge in [0.1, 0.15) is 17.9 Å². The zero-order valence-electron chi connectivity index (χ0n) is 21.6. The topological polar surface area (TPSA) is 87.0 Å². The van der Waals surface area contributed by atoms with Crippen molar-refractivity contribution in [1.82, 2.24) is 14.8 Å². The maximum absolute atomic E-state index is 15.6. The number of aromatic nitrogens is 1. The van der Waals surface area contributed by atoms with E-state index in [4.69, 9.17) is 27.9 Å². The van der Waals surface area contributed by atoms with E-state index in [-0.39, 0.29) is 41.1 Å². The first-order valence-electron chi connectivity index (χ1n) is 12.5. The third-order valence-electron chi connectivity index (χ3n) is 6.90. The standard InChI is InChI=1S/C27H30Cl2F2N4O4/c1-16(13-30)35-15-20(27(38)32-14-17-3-4-18(28)11-21(17)29)25(37)19-12-22(31)24(26(39-2)23(19)35)34-7-5-33(6-8-34)9-10-36/h3-4,11-12,15-16,36H,5-10,13-14H2,1-2H3,(H,32,38). The Kier molecular flexibility index (Phi) is 9.32. The second-order valence-corrected chi connectivity index (χ2v) is 10.2. The quantitative estimate of drug-likeness (QED) is 0.396. The van der Waals surface area contributed by atoms with E-state index in [0.29, 0.717) is 48.3 Å². The van der Waals surface area contributed by atoms with Gasteiger partial charge in [-0.2, -0.15) is 0 Å². The lowest BCUT2D eigenvalue weighted by molar-refractivity contribution is 0.0949. The van der Waals surface area contributed by atoms with Crippen LogP contribution in [0.3, 0.4) is 0 Å². The molecule has 12 heteroatoms. The number of carbonyl (C=O) groups excluding carboxylic acids is 1. The summed E-state index contributed by atoms with van der Waals surface area (Å²) >= 11 is 12.1. The van der Waals surface area contributed by atoms with Crippen LogP contribution < -0.4 is 20.4 Å². The molecule has 1 aliphatic heterocycles. The number of alkyl halides is 1. The molecule has 0 radical (unpaired) electrons. The summed E-state index contributed by atoms with van der Waals surface area (Å²) in [5, 5.41) is 12.6. The molecule has 1 unspecified atom stereocenters. The summed E-state index contributed by atoms with van der Waals surface area (Å²) in [6.45, 7) is 3.51. The number of aliphatic hydroxyl groups excluding tert-OH is 1. The zero-order chi connectivity index (χ0) is 28.3. The van der Waals surface area contributed by atoms with Crippen LogP contribution in [0.4, 0.5) is 14.5 Å². The van der Waals surface area contributed by atoms with Gasteiger partial charge in [-0.15, -0.1) is 0 Å². The van der Waals surface area contributed by atoms with Gasteiger partial charge < -0.3 is 24.6 Å². The average Bonchev–Trinajstić information content (AvgIpc) is 2.92. The molecule has 0 spiro atoms. The van der Waals surface area contributed by atoms with Crippen LogP contribution >= 0.6 is 23.2 Å². The number of ether oxygens (including phenoxy) is 1. The SMILES string of the molecule is COc1c(N2CCN(CCO)CC2)c(F)cc2c(=O)c(C(=O)NCc3ccc(Cl)cc3Cl)cn(C(C)CF)c12. The second kappa shape index (κ2) is 12.5. The highest BCUT2D eigenvalue weighted by Crippen LogP contribution is 2.39. The summed E-state index contributed by atoms with van der Waals surface area (Å²) in [4.78, 5) is 30.5. The van der Waals surface area contributed by atoms with Gasteiger partial charge in [-0.05, 0) is 30.7 Å². The number of methoxy groups -OCH3 is 1. The molecule has 0 saturated carbocycles. The first-order chi connectivity index (χ1) is 18.7. The van der Waals surface area contributed by atoms with Gasteiger partial charge in [0, 0.05) is 55.5 Å². The molecule has 2 heterocycles. The van der Waals surface area contributed by atoms with Gasteiger partial charge in [0.25, 0.3) is 5.91 Å². The van der Waals surface area contributed by atoms with Crippen LogP contribution in [0.5, 0.6) is 5.75 Å². The summed E-state index contributed by atoms with van der Waals surface area (Å²) in [6.07, 6.45) is 1.29. The fourth-order valence-electron chi connectivity index (χ4n) is 4.79. The number of piperazine rings is 1. The zero-order valence-corrected chi connectivity index (χ0v) is 23.2. The summed E-state index contributed by atoms with van der Waals surface area (Å²) in [5.41, 5.74) is -0.00564. The Morgan fingerprint density at radius 3 is 2.54 bits per heavy atom. The van der Waals surface area contributed by atoms with Crippen molar-refractivity contribution in [3.05, 3.63) is 67.7 Å². The van der Waals surface area contributed by atoms with Crippen molar-refractivity contribution in [1.29, 1.82) is 0 Å². The van der Waals surface area contributed by atoms with Gasteiger partial charge in [0.05, 0.1) is 30.7 Å². The number of halogens is 4. The minimum Gasteiger partial charge on any atom is -0.492 e. The summed E-state index contributed by atoms with van der Waals surface area (Å²) in [6, 6.07) is 5.12. The average molecular weight is 583 g/mol. The number of anilines is 1. The van der Waals surface area contributed by atoms with Crippen molar-refractivity contribution in [2.75, 3.05) is 58.0 Å². The highest BCUT2D eigenvalue weighted by Gasteiger charge is 2.28. The Bertz CT molecular complexity index is 1430. The van der Waals surface area contributed by atoms with Gasteiger partial charge in [-0.3, -0.25) is 14.5 Å². The molecule has 2 N–H and O–H groups in total. The van der Waals surface area contributed by atoms with Crippen LogP contribution in [0.2, 0.25) is 10.0 Å². The van der Waals surface area contributed by atoms with Crippen molar-refractivity contribution in [2.24, 2.45) is 0 Å². The number of pyridine rings is 1. The third kappa shape index (κ3) is 5.99. The second-order valence-electron chi connectivity index (χ2n) is 9.39. The molecule has 1 amide bonds.